The van der Waals surface area contributed by atoms with Gasteiger partial charge in [0.2, 0.25) is 0 Å². The summed E-state index contributed by atoms with van der Waals surface area (Å²) >= 11 is 0. The predicted molar refractivity (Wildman–Crippen MR) is 143 cm³/mol. The van der Waals surface area contributed by atoms with Crippen molar-refractivity contribution in [2.75, 3.05) is 46.9 Å². The zero-order chi connectivity index (χ0) is 22.6. The zero-order valence-electron chi connectivity index (χ0n) is 19.4. The van der Waals surface area contributed by atoms with Crippen molar-refractivity contribution in [3.8, 4) is 5.75 Å². The molecule has 1 saturated heterocycles. The minimum Gasteiger partial charge on any atom is -0.497 e. The van der Waals surface area contributed by atoms with E-state index in [2.05, 4.69) is 43.0 Å². The minimum atomic E-state index is -0.132. The Labute approximate surface area is 213 Å². The molecular formula is C24H35IN6O2. The van der Waals surface area contributed by atoms with Crippen molar-refractivity contribution >= 4 is 35.8 Å². The zero-order valence-corrected chi connectivity index (χ0v) is 21.7. The maximum atomic E-state index is 12.1. The topological polar surface area (TPSA) is 90.9 Å². The number of aromatic nitrogens is 1. The van der Waals surface area contributed by atoms with Gasteiger partial charge in [0.15, 0.2) is 5.96 Å². The van der Waals surface area contributed by atoms with Gasteiger partial charge in [-0.1, -0.05) is 18.6 Å². The highest BCUT2D eigenvalue weighted by Gasteiger charge is 2.22. The number of carbonyl (C=O) groups is 1. The van der Waals surface area contributed by atoms with E-state index in [1.807, 2.05) is 12.1 Å². The lowest BCUT2D eigenvalue weighted by atomic mass is 10.0. The quantitative estimate of drug-likeness (QED) is 0.187. The molecule has 1 aromatic heterocycles. The number of halogens is 1. The Morgan fingerprint density at radius 2 is 1.82 bits per heavy atom. The number of guanidine groups is 1. The van der Waals surface area contributed by atoms with Crippen molar-refractivity contribution in [1.29, 1.82) is 0 Å². The summed E-state index contributed by atoms with van der Waals surface area (Å²) in [5.74, 6) is 1.45. The molecule has 0 saturated carbocycles. The molecule has 1 aliphatic rings. The number of pyridine rings is 1. The smallest absolute Gasteiger partial charge is 0.252 e. The highest BCUT2D eigenvalue weighted by Crippen LogP contribution is 2.25. The SMILES string of the molecule is CN=C(NCCNC(=O)c1cccnc1)NCC(c1ccc(OC)cc1)N1CCCCC1.I. The highest BCUT2D eigenvalue weighted by molar-refractivity contribution is 14.0. The van der Waals surface area contributed by atoms with Crippen molar-refractivity contribution in [2.24, 2.45) is 4.99 Å². The summed E-state index contributed by atoms with van der Waals surface area (Å²) in [4.78, 5) is 23.0. The number of nitrogens with zero attached hydrogens (tertiary/aromatic N) is 3. The van der Waals surface area contributed by atoms with Crippen molar-refractivity contribution < 1.29 is 9.53 Å². The number of hydrogen-bond acceptors (Lipinski definition) is 5. The average Bonchev–Trinajstić information content (AvgIpc) is 2.86. The van der Waals surface area contributed by atoms with Crippen LogP contribution in [0.2, 0.25) is 0 Å². The van der Waals surface area contributed by atoms with Gasteiger partial charge in [0.25, 0.3) is 5.91 Å². The maximum absolute atomic E-state index is 12.1. The van der Waals surface area contributed by atoms with Crippen LogP contribution in [0.15, 0.2) is 53.8 Å². The van der Waals surface area contributed by atoms with Crippen LogP contribution in [0.25, 0.3) is 0 Å². The second-order valence-electron chi connectivity index (χ2n) is 7.76. The minimum absolute atomic E-state index is 0. The van der Waals surface area contributed by atoms with Gasteiger partial charge in [-0.2, -0.15) is 0 Å². The third-order valence-corrected chi connectivity index (χ3v) is 5.65. The monoisotopic (exact) mass is 566 g/mol. The summed E-state index contributed by atoms with van der Waals surface area (Å²) in [6.45, 7) is 4.01. The Morgan fingerprint density at radius 1 is 1.09 bits per heavy atom. The number of likely N-dealkylation sites (tertiary alicyclic amines) is 1. The van der Waals surface area contributed by atoms with Gasteiger partial charge in [-0.3, -0.25) is 19.7 Å². The first-order valence-electron chi connectivity index (χ1n) is 11.2. The number of rotatable bonds is 9. The molecule has 0 bridgehead atoms. The van der Waals surface area contributed by atoms with Crippen LogP contribution in [0.1, 0.15) is 41.2 Å². The number of ether oxygens (including phenoxy) is 1. The summed E-state index contributed by atoms with van der Waals surface area (Å²) < 4.78 is 5.32. The normalized spacial score (nSPS) is 15.2. The molecule has 1 unspecified atom stereocenters. The largest absolute Gasteiger partial charge is 0.497 e. The van der Waals surface area contributed by atoms with Crippen LogP contribution < -0.4 is 20.7 Å². The number of amides is 1. The standard InChI is InChI=1S/C24H34N6O2.HI/c1-25-24(28-14-13-27-23(31)20-7-6-12-26-17-20)29-18-22(30-15-4-3-5-16-30)19-8-10-21(32-2)11-9-19;/h6-12,17,22H,3-5,13-16,18H2,1-2H3,(H,27,31)(H2,25,28,29);1H. The number of aliphatic imine (C=N–C) groups is 1. The summed E-state index contributed by atoms with van der Waals surface area (Å²) in [7, 11) is 3.44. The molecule has 0 aliphatic carbocycles. The van der Waals surface area contributed by atoms with E-state index >= 15 is 0 Å². The van der Waals surface area contributed by atoms with E-state index in [4.69, 9.17) is 4.74 Å². The first-order chi connectivity index (χ1) is 15.7. The van der Waals surface area contributed by atoms with Crippen LogP contribution in [0, 0.1) is 0 Å². The molecule has 0 radical (unpaired) electrons. The predicted octanol–water partition coefficient (Wildman–Crippen LogP) is 2.83. The molecule has 3 rings (SSSR count). The van der Waals surface area contributed by atoms with E-state index in [1.165, 1.54) is 24.8 Å². The second kappa shape index (κ2) is 14.7. The molecule has 1 aliphatic heterocycles. The molecule has 1 amide bonds. The van der Waals surface area contributed by atoms with Crippen LogP contribution in [0.5, 0.6) is 5.75 Å². The van der Waals surface area contributed by atoms with Gasteiger partial charge in [0.1, 0.15) is 5.75 Å². The van der Waals surface area contributed by atoms with Crippen LogP contribution in [-0.4, -0.2) is 68.6 Å². The summed E-state index contributed by atoms with van der Waals surface area (Å²) in [5, 5.41) is 9.62. The van der Waals surface area contributed by atoms with Crippen molar-refractivity contribution in [2.45, 2.75) is 25.3 Å². The number of methoxy groups -OCH3 is 1. The molecular weight excluding hydrogens is 531 g/mol. The molecule has 3 N–H and O–H groups in total. The maximum Gasteiger partial charge on any atom is 0.252 e. The third-order valence-electron chi connectivity index (χ3n) is 5.65. The lowest BCUT2D eigenvalue weighted by Crippen LogP contribution is -2.46. The van der Waals surface area contributed by atoms with E-state index < -0.39 is 0 Å². The first kappa shape index (κ1) is 26.8. The van der Waals surface area contributed by atoms with E-state index in [0.717, 1.165) is 31.3 Å². The number of benzene rings is 1. The first-order valence-corrected chi connectivity index (χ1v) is 11.2. The van der Waals surface area contributed by atoms with Gasteiger partial charge >= 0.3 is 0 Å². The third kappa shape index (κ3) is 8.47. The van der Waals surface area contributed by atoms with Crippen molar-refractivity contribution in [3.05, 3.63) is 59.9 Å². The Bertz CT molecular complexity index is 857. The molecule has 2 aromatic rings. The Morgan fingerprint density at radius 3 is 2.45 bits per heavy atom. The van der Waals surface area contributed by atoms with Gasteiger partial charge in [0, 0.05) is 39.1 Å². The highest BCUT2D eigenvalue weighted by atomic mass is 127. The molecule has 33 heavy (non-hydrogen) atoms. The molecule has 1 atom stereocenters. The fourth-order valence-electron chi connectivity index (χ4n) is 3.88. The van der Waals surface area contributed by atoms with Crippen LogP contribution in [-0.2, 0) is 0 Å². The summed E-state index contributed by atoms with van der Waals surface area (Å²) in [5.41, 5.74) is 1.82. The molecule has 1 fully saturated rings. The number of carbonyl (C=O) groups excluding carboxylic acids is 1. The van der Waals surface area contributed by atoms with E-state index in [-0.39, 0.29) is 35.9 Å². The molecule has 0 spiro atoms. The molecule has 180 valence electrons. The summed E-state index contributed by atoms with van der Waals surface area (Å²) in [6, 6.07) is 12.1. The van der Waals surface area contributed by atoms with Crippen LogP contribution >= 0.6 is 24.0 Å². The average molecular weight is 566 g/mol. The number of hydrogen-bond donors (Lipinski definition) is 3. The second-order valence-corrected chi connectivity index (χ2v) is 7.76. The van der Waals surface area contributed by atoms with Crippen LogP contribution in [0.3, 0.4) is 0 Å². The van der Waals surface area contributed by atoms with E-state index in [1.54, 1.807) is 38.7 Å². The Balaban J connectivity index is 0.00000385. The van der Waals surface area contributed by atoms with E-state index in [0.29, 0.717) is 18.7 Å². The molecule has 2 heterocycles. The van der Waals surface area contributed by atoms with Gasteiger partial charge < -0.3 is 20.7 Å². The number of nitrogens with one attached hydrogen (secondary N) is 3. The van der Waals surface area contributed by atoms with E-state index in [9.17, 15) is 4.79 Å². The lowest BCUT2D eigenvalue weighted by Gasteiger charge is -2.35. The lowest BCUT2D eigenvalue weighted by molar-refractivity contribution is 0.0954. The van der Waals surface area contributed by atoms with Gasteiger partial charge in [-0.05, 0) is 55.8 Å². The fraction of sp³-hybridized carbons (Fsp3) is 0.458. The van der Waals surface area contributed by atoms with Crippen molar-refractivity contribution in [3.63, 3.8) is 0 Å². The Kier molecular flexibility index (Phi) is 12.0. The molecule has 9 heteroatoms. The molecule has 1 aromatic carbocycles. The van der Waals surface area contributed by atoms with Gasteiger partial charge in [-0.25, -0.2) is 0 Å². The Hall–Kier alpha value is -2.40. The van der Waals surface area contributed by atoms with Crippen molar-refractivity contribution in [1.82, 2.24) is 25.8 Å². The number of piperidine rings is 1. The van der Waals surface area contributed by atoms with Gasteiger partial charge in [0.05, 0.1) is 18.7 Å². The van der Waals surface area contributed by atoms with Gasteiger partial charge in [-0.15, -0.1) is 24.0 Å². The fourth-order valence-corrected chi connectivity index (χ4v) is 3.88. The van der Waals surface area contributed by atoms with Crippen LogP contribution in [0.4, 0.5) is 0 Å². The molecule has 8 nitrogen and oxygen atoms in total. The summed E-state index contributed by atoms with van der Waals surface area (Å²) in [6.07, 6.45) is 6.97.